The molecule has 1 aliphatic rings. The molecule has 4 N–H and O–H groups in total. The number of rotatable bonds is 31. The summed E-state index contributed by atoms with van der Waals surface area (Å²) in [5, 5.41) is 15.3. The van der Waals surface area contributed by atoms with Gasteiger partial charge in [0, 0.05) is 65.2 Å². The molecular weight excluding hydrogens is 987 g/mol. The highest BCUT2D eigenvalue weighted by atomic mass is 32.2. The average Bonchev–Trinajstić information content (AvgIpc) is 3.42. The Morgan fingerprint density at radius 1 is 0.730 bits per heavy atom. The third-order valence-corrected chi connectivity index (χ3v) is 13.0. The van der Waals surface area contributed by atoms with E-state index in [-0.39, 0.29) is 94.0 Å². The van der Waals surface area contributed by atoms with E-state index in [0.29, 0.717) is 55.9 Å². The van der Waals surface area contributed by atoms with Gasteiger partial charge in [0.25, 0.3) is 15.9 Å². The molecule has 3 amide bonds. The molecule has 0 spiro atoms. The SMILES string of the molecule is CCCNCCN(CC(=O)OC)CC(=O)OC.COC(=O)CCCC(=O)N1CCN(CCOCCON([C@H](CCNC(=O)OCc2ccccc2)C(=O)NO)S(=O)(=O)c2ccc(-c3ccc(OC)cc3)cc2)CC1. The van der Waals surface area contributed by atoms with E-state index in [1.165, 1.54) is 38.9 Å². The van der Waals surface area contributed by atoms with Crippen LogP contribution >= 0.6 is 0 Å². The summed E-state index contributed by atoms with van der Waals surface area (Å²) >= 11 is 0. The molecule has 410 valence electrons. The molecule has 4 rings (SSSR count). The highest BCUT2D eigenvalue weighted by Crippen LogP contribution is 2.26. The molecule has 0 aromatic heterocycles. The Morgan fingerprint density at radius 2 is 1.35 bits per heavy atom. The summed E-state index contributed by atoms with van der Waals surface area (Å²) in [6.07, 6.45) is 0.875. The number of ether oxygens (including phenoxy) is 6. The number of sulfonamides is 1. The minimum absolute atomic E-state index is 0.000998. The third-order valence-electron chi connectivity index (χ3n) is 11.3. The van der Waals surface area contributed by atoms with Crippen LogP contribution < -0.4 is 20.9 Å². The van der Waals surface area contributed by atoms with Crippen molar-refractivity contribution in [3.8, 4) is 16.9 Å². The number of benzene rings is 3. The Bertz CT molecular complexity index is 2230. The number of methoxy groups -OCH3 is 4. The highest BCUT2D eigenvalue weighted by Gasteiger charge is 2.37. The lowest BCUT2D eigenvalue weighted by molar-refractivity contribution is -0.159. The maximum absolute atomic E-state index is 14.1. The number of piperazine rings is 1. The molecule has 74 heavy (non-hydrogen) atoms. The van der Waals surface area contributed by atoms with Crippen LogP contribution in [-0.4, -0.2) is 195 Å². The molecule has 1 heterocycles. The number of alkyl carbamates (subject to hydrolysis) is 1. The summed E-state index contributed by atoms with van der Waals surface area (Å²) in [6.45, 7) is 7.18. The van der Waals surface area contributed by atoms with Gasteiger partial charge in [-0.2, -0.15) is 0 Å². The van der Waals surface area contributed by atoms with Crippen LogP contribution in [0.1, 0.15) is 44.6 Å². The van der Waals surface area contributed by atoms with Gasteiger partial charge in [0.2, 0.25) is 5.91 Å². The zero-order valence-corrected chi connectivity index (χ0v) is 43.8. The Hall–Kier alpha value is -6.25. The quantitative estimate of drug-likeness (QED) is 0.0237. The van der Waals surface area contributed by atoms with Crippen molar-refractivity contribution >= 4 is 45.8 Å². The van der Waals surface area contributed by atoms with Crippen molar-refractivity contribution in [2.45, 2.75) is 56.6 Å². The number of amides is 3. The molecule has 1 atom stereocenters. The predicted octanol–water partition coefficient (Wildman–Crippen LogP) is 2.61. The van der Waals surface area contributed by atoms with Crippen LogP contribution in [0, 0.1) is 0 Å². The van der Waals surface area contributed by atoms with E-state index in [9.17, 15) is 42.4 Å². The van der Waals surface area contributed by atoms with Gasteiger partial charge in [-0.25, -0.2) is 18.7 Å². The monoisotopic (exact) mass is 1060 g/mol. The molecule has 0 saturated carbocycles. The summed E-state index contributed by atoms with van der Waals surface area (Å²) < 4.78 is 58.7. The standard InChI is InChI=1S/C39H51N5O12S.C11H22N2O4/c1-52-33-15-11-31(12-16-33)32-13-17-34(18-14-32)57(50,51)44(35(38(47)41-49)19-20-40-39(48)55-29-30-7-4-3-5-8-30)56-28-27-54-26-25-42-21-23-43(24-22-42)36(45)9-6-10-37(46)53-2;1-4-5-12-6-7-13(8-10(14)16-2)9-11(15)17-3/h3-5,7-8,11-18,35,49H,6,9-10,19-29H2,1-2H3,(H,40,48)(H,41,47);12H,4-9H2,1-3H3/t35-;/m1./s1. The van der Waals surface area contributed by atoms with Gasteiger partial charge in [0.05, 0.1) is 66.2 Å². The number of carbonyl (C=O) groups is 6. The lowest BCUT2D eigenvalue weighted by Crippen LogP contribution is -2.50. The van der Waals surface area contributed by atoms with Gasteiger partial charge in [0.15, 0.2) is 0 Å². The largest absolute Gasteiger partial charge is 0.497 e. The van der Waals surface area contributed by atoms with Crippen LogP contribution in [0.25, 0.3) is 11.1 Å². The first-order chi connectivity index (χ1) is 35.7. The molecule has 0 unspecified atom stereocenters. The summed E-state index contributed by atoms with van der Waals surface area (Å²) in [5.41, 5.74) is 3.81. The van der Waals surface area contributed by atoms with E-state index in [4.69, 9.17) is 19.0 Å². The first-order valence-corrected chi connectivity index (χ1v) is 25.6. The Balaban J connectivity index is 0.000000724. The molecule has 0 radical (unpaired) electrons. The minimum Gasteiger partial charge on any atom is -0.497 e. The van der Waals surface area contributed by atoms with Crippen LogP contribution in [0.4, 0.5) is 4.79 Å². The van der Waals surface area contributed by atoms with Crippen LogP contribution in [-0.2, 0) is 69.1 Å². The van der Waals surface area contributed by atoms with Gasteiger partial charge in [0.1, 0.15) is 18.4 Å². The molecule has 0 aliphatic carbocycles. The van der Waals surface area contributed by atoms with Gasteiger partial charge in [-0.3, -0.25) is 43.8 Å². The second-order valence-electron chi connectivity index (χ2n) is 16.5. The van der Waals surface area contributed by atoms with Crippen LogP contribution in [0.2, 0.25) is 0 Å². The second-order valence-corrected chi connectivity index (χ2v) is 18.3. The summed E-state index contributed by atoms with van der Waals surface area (Å²) in [6, 6.07) is 20.6. The molecule has 23 nitrogen and oxygen atoms in total. The molecule has 3 aromatic carbocycles. The van der Waals surface area contributed by atoms with Gasteiger partial charge >= 0.3 is 24.0 Å². The maximum Gasteiger partial charge on any atom is 0.407 e. The van der Waals surface area contributed by atoms with Crippen molar-refractivity contribution in [3.63, 3.8) is 0 Å². The van der Waals surface area contributed by atoms with Crippen molar-refractivity contribution in [2.24, 2.45) is 0 Å². The highest BCUT2D eigenvalue weighted by molar-refractivity contribution is 7.89. The smallest absolute Gasteiger partial charge is 0.407 e. The molecule has 3 aromatic rings. The summed E-state index contributed by atoms with van der Waals surface area (Å²) in [4.78, 5) is 82.6. The normalized spacial score (nSPS) is 13.0. The molecule has 24 heteroatoms. The number of hydroxylamine groups is 2. The van der Waals surface area contributed by atoms with E-state index in [0.717, 1.165) is 36.2 Å². The van der Waals surface area contributed by atoms with E-state index in [2.05, 4.69) is 36.7 Å². The first-order valence-electron chi connectivity index (χ1n) is 24.2. The minimum atomic E-state index is -4.54. The lowest BCUT2D eigenvalue weighted by atomic mass is 10.1. The number of nitrogens with zero attached hydrogens (tertiary/aromatic N) is 4. The Kier molecular flexibility index (Phi) is 29.4. The average molecular weight is 1060 g/mol. The zero-order valence-electron chi connectivity index (χ0n) is 43.0. The number of nitrogens with one attached hydrogen (secondary N) is 3. The first kappa shape index (κ1) is 62.0. The van der Waals surface area contributed by atoms with Crippen molar-refractivity contribution < 1.29 is 75.7 Å². The van der Waals surface area contributed by atoms with Gasteiger partial charge in [-0.05, 0) is 66.8 Å². The molecule has 1 saturated heterocycles. The fraction of sp³-hybridized carbons (Fsp3) is 0.520. The zero-order chi connectivity index (χ0) is 54.1. The maximum atomic E-state index is 14.1. The van der Waals surface area contributed by atoms with Gasteiger partial charge in [-0.1, -0.05) is 66.0 Å². The van der Waals surface area contributed by atoms with Crippen molar-refractivity contribution in [1.29, 1.82) is 0 Å². The number of hydrogen-bond acceptors (Lipinski definition) is 19. The molecule has 1 fully saturated rings. The van der Waals surface area contributed by atoms with E-state index in [1.54, 1.807) is 65.4 Å². The van der Waals surface area contributed by atoms with Gasteiger partial charge in [-0.15, -0.1) is 0 Å². The second kappa shape index (κ2) is 35.0. The molecular formula is C50H73N7O16S. The van der Waals surface area contributed by atoms with E-state index in [1.807, 2.05) is 18.2 Å². The number of esters is 3. The third kappa shape index (κ3) is 22.9. The van der Waals surface area contributed by atoms with Crippen LogP contribution in [0.5, 0.6) is 5.75 Å². The van der Waals surface area contributed by atoms with Crippen LogP contribution in [0.3, 0.4) is 0 Å². The van der Waals surface area contributed by atoms with Crippen molar-refractivity contribution in [2.75, 3.05) is 120 Å². The summed E-state index contributed by atoms with van der Waals surface area (Å²) in [7, 11) is 0.988. The van der Waals surface area contributed by atoms with E-state index < -0.39 is 28.1 Å². The fourth-order valence-corrected chi connectivity index (χ4v) is 8.56. The lowest BCUT2D eigenvalue weighted by Gasteiger charge is -2.34. The number of hydrogen-bond donors (Lipinski definition) is 4. The van der Waals surface area contributed by atoms with Crippen LogP contribution in [0.15, 0.2) is 83.8 Å². The molecule has 1 aliphatic heterocycles. The van der Waals surface area contributed by atoms with E-state index >= 15 is 0 Å². The van der Waals surface area contributed by atoms with Gasteiger partial charge < -0.3 is 44.0 Å². The van der Waals surface area contributed by atoms with Crippen molar-refractivity contribution in [3.05, 3.63) is 84.4 Å². The Labute approximate surface area is 433 Å². The Morgan fingerprint density at radius 3 is 1.93 bits per heavy atom. The van der Waals surface area contributed by atoms with Crippen molar-refractivity contribution in [1.82, 2.24) is 35.3 Å². The summed E-state index contributed by atoms with van der Waals surface area (Å²) in [5.74, 6) is -1.49. The molecule has 0 bridgehead atoms. The number of carbonyl (C=O) groups excluding carboxylic acids is 6. The topological polar surface area (TPSA) is 270 Å². The fourth-order valence-electron chi connectivity index (χ4n) is 7.12. The predicted molar refractivity (Wildman–Crippen MR) is 270 cm³/mol.